The van der Waals surface area contributed by atoms with E-state index in [2.05, 4.69) is 25.9 Å². The van der Waals surface area contributed by atoms with Crippen LogP contribution in [0.3, 0.4) is 0 Å². The molecule has 0 aliphatic carbocycles. The Kier molecular flexibility index (Phi) is 10.8. The van der Waals surface area contributed by atoms with Crippen LogP contribution in [0.4, 0.5) is 0 Å². The van der Waals surface area contributed by atoms with Crippen molar-refractivity contribution in [3.05, 3.63) is 18.2 Å². The largest absolute Gasteiger partial charge is 0.480 e. The molecule has 8 N–H and O–H groups in total. The molecule has 32 heavy (non-hydrogen) atoms. The van der Waals surface area contributed by atoms with Crippen molar-refractivity contribution < 1.29 is 29.4 Å². The molecule has 1 aromatic heterocycles. The zero-order chi connectivity index (χ0) is 24.4. The van der Waals surface area contributed by atoms with E-state index in [1.54, 1.807) is 13.8 Å². The summed E-state index contributed by atoms with van der Waals surface area (Å²) in [6.45, 7) is 6.54. The lowest BCUT2D eigenvalue weighted by atomic mass is 9.99. The average Bonchev–Trinajstić information content (AvgIpc) is 3.22. The maximum absolute atomic E-state index is 12.9. The predicted molar refractivity (Wildman–Crippen MR) is 115 cm³/mol. The van der Waals surface area contributed by atoms with Crippen LogP contribution in [0.1, 0.15) is 39.8 Å². The molecule has 1 aromatic rings. The number of nitrogens with zero attached hydrogens (tertiary/aromatic N) is 1. The van der Waals surface area contributed by atoms with Crippen LogP contribution in [0.2, 0.25) is 0 Å². The summed E-state index contributed by atoms with van der Waals surface area (Å²) in [5.74, 6) is -3.51. The SMILES string of the molecule is CC(C)CC(NC(=O)C(NC(=O)C(N)CO)C(C)C)C(=O)NC(Cc1cnc[nH]1)C(=O)O. The van der Waals surface area contributed by atoms with E-state index in [9.17, 15) is 24.3 Å². The Labute approximate surface area is 186 Å². The number of carboxylic acid groups (broad SMARTS) is 1. The fourth-order valence-electron chi connectivity index (χ4n) is 2.93. The van der Waals surface area contributed by atoms with E-state index in [1.807, 2.05) is 13.8 Å². The highest BCUT2D eigenvalue weighted by atomic mass is 16.4. The molecule has 1 rings (SSSR count). The minimum absolute atomic E-state index is 0.00680. The Bertz CT molecular complexity index is 767. The summed E-state index contributed by atoms with van der Waals surface area (Å²) in [6, 6.07) is -4.42. The third-order valence-electron chi connectivity index (χ3n) is 4.71. The standard InChI is InChI=1S/C20H34N6O6/c1-10(2)5-14(18(29)25-15(20(31)32)6-12-7-22-9-23-12)24-19(30)16(11(3)4)26-17(28)13(21)8-27/h7,9-11,13-16,27H,5-6,8,21H2,1-4H3,(H,22,23)(H,24,30)(H,25,29)(H,26,28)(H,31,32). The van der Waals surface area contributed by atoms with Gasteiger partial charge >= 0.3 is 5.97 Å². The van der Waals surface area contributed by atoms with Gasteiger partial charge in [-0.25, -0.2) is 9.78 Å². The Morgan fingerprint density at radius 3 is 2.12 bits per heavy atom. The number of aromatic nitrogens is 2. The van der Waals surface area contributed by atoms with Crippen molar-refractivity contribution in [1.82, 2.24) is 25.9 Å². The molecule has 0 fully saturated rings. The van der Waals surface area contributed by atoms with Gasteiger partial charge in [0.2, 0.25) is 17.7 Å². The first-order valence-electron chi connectivity index (χ1n) is 10.4. The zero-order valence-electron chi connectivity index (χ0n) is 18.8. The minimum Gasteiger partial charge on any atom is -0.480 e. The molecule has 12 heteroatoms. The van der Waals surface area contributed by atoms with Gasteiger partial charge in [0.05, 0.1) is 12.9 Å². The van der Waals surface area contributed by atoms with E-state index in [4.69, 9.17) is 10.8 Å². The first-order valence-corrected chi connectivity index (χ1v) is 10.4. The number of imidazole rings is 1. The van der Waals surface area contributed by atoms with Crippen LogP contribution in [0.15, 0.2) is 12.5 Å². The smallest absolute Gasteiger partial charge is 0.326 e. The number of aromatic amines is 1. The Balaban J connectivity index is 2.94. The molecule has 1 heterocycles. The monoisotopic (exact) mass is 454 g/mol. The highest BCUT2D eigenvalue weighted by molar-refractivity contribution is 5.94. The number of hydrogen-bond donors (Lipinski definition) is 7. The molecule has 4 atom stereocenters. The number of H-pyrrole nitrogens is 1. The molecular formula is C20H34N6O6. The second-order valence-corrected chi connectivity index (χ2v) is 8.39. The number of carbonyl (C=O) groups is 4. The number of amides is 3. The maximum atomic E-state index is 12.9. The van der Waals surface area contributed by atoms with E-state index >= 15 is 0 Å². The second-order valence-electron chi connectivity index (χ2n) is 8.39. The fourth-order valence-corrected chi connectivity index (χ4v) is 2.93. The molecule has 0 saturated carbocycles. The van der Waals surface area contributed by atoms with Crippen LogP contribution in [0, 0.1) is 11.8 Å². The van der Waals surface area contributed by atoms with Crippen molar-refractivity contribution in [2.45, 2.75) is 64.7 Å². The third kappa shape index (κ3) is 8.63. The van der Waals surface area contributed by atoms with Gasteiger partial charge in [-0.2, -0.15) is 0 Å². The summed E-state index contributed by atoms with van der Waals surface area (Å²) in [5.41, 5.74) is 6.03. The molecule has 180 valence electrons. The number of aliphatic hydroxyl groups is 1. The number of aliphatic carboxylic acids is 1. The highest BCUT2D eigenvalue weighted by Crippen LogP contribution is 2.09. The topological polar surface area (TPSA) is 200 Å². The molecule has 0 aliphatic rings. The fraction of sp³-hybridized carbons (Fsp3) is 0.650. The average molecular weight is 455 g/mol. The summed E-state index contributed by atoms with van der Waals surface area (Å²) in [5, 5.41) is 26.1. The third-order valence-corrected chi connectivity index (χ3v) is 4.71. The van der Waals surface area contributed by atoms with Crippen LogP contribution < -0.4 is 21.7 Å². The number of aliphatic hydroxyl groups excluding tert-OH is 1. The lowest BCUT2D eigenvalue weighted by molar-refractivity contribution is -0.142. The number of carbonyl (C=O) groups excluding carboxylic acids is 3. The summed E-state index contributed by atoms with van der Waals surface area (Å²) in [6.07, 6.45) is 3.11. The van der Waals surface area contributed by atoms with Gasteiger partial charge in [-0.15, -0.1) is 0 Å². The van der Waals surface area contributed by atoms with Crippen LogP contribution in [0.25, 0.3) is 0 Å². The first-order chi connectivity index (χ1) is 15.0. The quantitative estimate of drug-likeness (QED) is 0.187. The summed E-state index contributed by atoms with van der Waals surface area (Å²) < 4.78 is 0. The number of carboxylic acids is 1. The predicted octanol–water partition coefficient (Wildman–Crippen LogP) is -1.49. The molecule has 0 radical (unpaired) electrons. The molecule has 4 unspecified atom stereocenters. The number of nitrogens with one attached hydrogen (secondary N) is 4. The van der Waals surface area contributed by atoms with Crippen LogP contribution in [0.5, 0.6) is 0 Å². The normalized spacial score (nSPS) is 15.0. The Morgan fingerprint density at radius 2 is 1.66 bits per heavy atom. The lowest BCUT2D eigenvalue weighted by Gasteiger charge is -2.27. The van der Waals surface area contributed by atoms with Gasteiger partial charge in [-0.1, -0.05) is 27.7 Å². The van der Waals surface area contributed by atoms with Gasteiger partial charge in [0.15, 0.2) is 0 Å². The van der Waals surface area contributed by atoms with E-state index in [1.165, 1.54) is 12.5 Å². The number of rotatable bonds is 13. The summed E-state index contributed by atoms with van der Waals surface area (Å²) in [4.78, 5) is 56.0. The van der Waals surface area contributed by atoms with Crippen molar-refractivity contribution in [3.8, 4) is 0 Å². The van der Waals surface area contributed by atoms with Crippen molar-refractivity contribution in [3.63, 3.8) is 0 Å². The van der Waals surface area contributed by atoms with Crippen molar-refractivity contribution in [2.24, 2.45) is 17.6 Å². The number of hydrogen-bond acceptors (Lipinski definition) is 7. The van der Waals surface area contributed by atoms with Crippen molar-refractivity contribution in [1.29, 1.82) is 0 Å². The Morgan fingerprint density at radius 1 is 1.03 bits per heavy atom. The van der Waals surface area contributed by atoms with Gasteiger partial charge in [0.25, 0.3) is 0 Å². The minimum atomic E-state index is -1.23. The van der Waals surface area contributed by atoms with Crippen LogP contribution >= 0.6 is 0 Å². The molecule has 0 spiro atoms. The highest BCUT2D eigenvalue weighted by Gasteiger charge is 2.32. The summed E-state index contributed by atoms with van der Waals surface area (Å²) in [7, 11) is 0. The zero-order valence-corrected chi connectivity index (χ0v) is 18.8. The number of nitrogens with two attached hydrogens (primary N) is 1. The van der Waals surface area contributed by atoms with Gasteiger partial charge < -0.3 is 36.9 Å². The molecule has 12 nitrogen and oxygen atoms in total. The molecular weight excluding hydrogens is 420 g/mol. The second kappa shape index (κ2) is 12.8. The van der Waals surface area contributed by atoms with Gasteiger partial charge in [0, 0.05) is 18.3 Å². The van der Waals surface area contributed by atoms with E-state index in [0.717, 1.165) is 0 Å². The molecule has 0 aliphatic heterocycles. The first kappa shape index (κ1) is 27.0. The van der Waals surface area contributed by atoms with Crippen molar-refractivity contribution in [2.75, 3.05) is 6.61 Å². The van der Waals surface area contributed by atoms with E-state index in [-0.39, 0.29) is 24.7 Å². The van der Waals surface area contributed by atoms with E-state index in [0.29, 0.717) is 5.69 Å². The summed E-state index contributed by atoms with van der Waals surface area (Å²) >= 11 is 0. The Hall–Kier alpha value is -2.99. The van der Waals surface area contributed by atoms with Gasteiger partial charge in [-0.3, -0.25) is 14.4 Å². The molecule has 0 saturated heterocycles. The lowest BCUT2D eigenvalue weighted by Crippen LogP contribution is -2.59. The van der Waals surface area contributed by atoms with Crippen LogP contribution in [-0.2, 0) is 25.6 Å². The maximum Gasteiger partial charge on any atom is 0.326 e. The molecule has 0 aromatic carbocycles. The van der Waals surface area contributed by atoms with Crippen LogP contribution in [-0.4, -0.2) is 74.6 Å². The van der Waals surface area contributed by atoms with E-state index < -0.39 is 54.5 Å². The van der Waals surface area contributed by atoms with Gasteiger partial charge in [0.1, 0.15) is 24.2 Å². The molecule has 3 amide bonds. The van der Waals surface area contributed by atoms with Gasteiger partial charge in [-0.05, 0) is 18.3 Å². The molecule has 0 bridgehead atoms. The van der Waals surface area contributed by atoms with Crippen molar-refractivity contribution >= 4 is 23.7 Å².